The topological polar surface area (TPSA) is 29.3 Å². The van der Waals surface area contributed by atoms with Gasteiger partial charge < -0.3 is 10.6 Å². The van der Waals surface area contributed by atoms with Crippen LogP contribution >= 0.6 is 0 Å². The number of nitrogen functional groups attached to an aromatic ring is 1. The minimum absolute atomic E-state index is 0.264. The van der Waals surface area contributed by atoms with Crippen molar-refractivity contribution in [3.05, 3.63) is 59.4 Å². The summed E-state index contributed by atoms with van der Waals surface area (Å²) in [6, 6.07) is 13.2. The highest BCUT2D eigenvalue weighted by molar-refractivity contribution is 5.56. The maximum absolute atomic E-state index is 13.4. The largest absolute Gasteiger partial charge is 0.399 e. The molecular formula is C16H17FN2. The van der Waals surface area contributed by atoms with Crippen molar-refractivity contribution < 1.29 is 4.39 Å². The lowest BCUT2D eigenvalue weighted by Gasteiger charge is -2.31. The standard InChI is InChI=1S/C16H17FN2/c17-14-8-12(9-15(18)10-14)11-19-7-3-5-13-4-1-2-6-16(13)19/h1-2,4,6,8-10H,3,5,7,11,18H2. The number of hydrogen-bond donors (Lipinski definition) is 1. The first-order valence-corrected chi connectivity index (χ1v) is 6.60. The molecular weight excluding hydrogens is 239 g/mol. The van der Waals surface area contributed by atoms with E-state index in [-0.39, 0.29) is 5.82 Å². The van der Waals surface area contributed by atoms with E-state index in [1.54, 1.807) is 6.07 Å². The third kappa shape index (κ3) is 2.55. The van der Waals surface area contributed by atoms with Crippen LogP contribution in [0.1, 0.15) is 17.5 Å². The number of halogens is 1. The van der Waals surface area contributed by atoms with E-state index < -0.39 is 0 Å². The summed E-state index contributed by atoms with van der Waals surface area (Å²) in [6.45, 7) is 1.71. The van der Waals surface area contributed by atoms with Crippen LogP contribution in [0.2, 0.25) is 0 Å². The minimum Gasteiger partial charge on any atom is -0.399 e. The predicted octanol–water partition coefficient (Wildman–Crippen LogP) is 3.36. The summed E-state index contributed by atoms with van der Waals surface area (Å²) in [6.07, 6.45) is 2.26. The lowest BCUT2D eigenvalue weighted by Crippen LogP contribution is -2.28. The number of nitrogens with two attached hydrogens (primary N) is 1. The van der Waals surface area contributed by atoms with E-state index in [2.05, 4.69) is 29.2 Å². The number of nitrogens with zero attached hydrogens (tertiary/aromatic N) is 1. The highest BCUT2D eigenvalue weighted by Gasteiger charge is 2.16. The zero-order valence-corrected chi connectivity index (χ0v) is 10.8. The van der Waals surface area contributed by atoms with Crippen molar-refractivity contribution in [2.24, 2.45) is 0 Å². The van der Waals surface area contributed by atoms with E-state index in [1.807, 2.05) is 6.07 Å². The highest BCUT2D eigenvalue weighted by Crippen LogP contribution is 2.28. The fourth-order valence-corrected chi connectivity index (χ4v) is 2.76. The van der Waals surface area contributed by atoms with E-state index in [9.17, 15) is 4.39 Å². The molecule has 0 saturated heterocycles. The first-order valence-electron chi connectivity index (χ1n) is 6.60. The molecule has 1 aliphatic rings. The van der Waals surface area contributed by atoms with E-state index in [0.717, 1.165) is 24.9 Å². The summed E-state index contributed by atoms with van der Waals surface area (Å²) in [5.74, 6) is -0.264. The van der Waals surface area contributed by atoms with E-state index in [1.165, 1.54) is 17.3 Å². The van der Waals surface area contributed by atoms with Crippen molar-refractivity contribution in [2.45, 2.75) is 19.4 Å². The monoisotopic (exact) mass is 256 g/mol. The predicted molar refractivity (Wildman–Crippen MR) is 76.6 cm³/mol. The molecule has 3 rings (SSSR count). The van der Waals surface area contributed by atoms with Gasteiger partial charge in [0, 0.05) is 24.5 Å². The number of benzene rings is 2. The quantitative estimate of drug-likeness (QED) is 0.835. The fourth-order valence-electron chi connectivity index (χ4n) is 2.76. The van der Waals surface area contributed by atoms with Crippen LogP contribution in [0.25, 0.3) is 0 Å². The molecule has 2 nitrogen and oxygen atoms in total. The summed E-state index contributed by atoms with van der Waals surface area (Å²) in [5.41, 5.74) is 9.75. The van der Waals surface area contributed by atoms with E-state index in [4.69, 9.17) is 5.73 Å². The molecule has 0 atom stereocenters. The van der Waals surface area contributed by atoms with Gasteiger partial charge in [0.05, 0.1) is 0 Å². The highest BCUT2D eigenvalue weighted by atomic mass is 19.1. The molecule has 0 fully saturated rings. The lowest BCUT2D eigenvalue weighted by molar-refractivity contribution is 0.623. The van der Waals surface area contributed by atoms with Crippen molar-refractivity contribution in [3.8, 4) is 0 Å². The zero-order chi connectivity index (χ0) is 13.2. The van der Waals surface area contributed by atoms with Crippen molar-refractivity contribution >= 4 is 11.4 Å². The second-order valence-corrected chi connectivity index (χ2v) is 5.05. The first kappa shape index (κ1) is 12.0. The number of fused-ring (bicyclic) bond motifs is 1. The molecule has 1 heterocycles. The van der Waals surface area contributed by atoms with Gasteiger partial charge in [0.1, 0.15) is 5.82 Å². The number of aryl methyl sites for hydroxylation is 1. The smallest absolute Gasteiger partial charge is 0.125 e. The normalized spacial score (nSPS) is 14.3. The van der Waals surface area contributed by atoms with Crippen LogP contribution in [0.3, 0.4) is 0 Å². The van der Waals surface area contributed by atoms with Crippen LogP contribution in [-0.4, -0.2) is 6.54 Å². The zero-order valence-electron chi connectivity index (χ0n) is 10.8. The Kier molecular flexibility index (Phi) is 3.11. The molecule has 0 radical (unpaired) electrons. The van der Waals surface area contributed by atoms with Gasteiger partial charge in [-0.15, -0.1) is 0 Å². The summed E-state index contributed by atoms with van der Waals surface area (Å²) in [7, 11) is 0. The maximum atomic E-state index is 13.4. The molecule has 1 aliphatic heterocycles. The number of para-hydroxylation sites is 1. The molecule has 0 amide bonds. The summed E-state index contributed by atoms with van der Waals surface area (Å²) < 4.78 is 13.4. The number of rotatable bonds is 2. The van der Waals surface area contributed by atoms with Crippen molar-refractivity contribution in [3.63, 3.8) is 0 Å². The Morgan fingerprint density at radius 2 is 2.00 bits per heavy atom. The van der Waals surface area contributed by atoms with Gasteiger partial charge in [-0.2, -0.15) is 0 Å². The van der Waals surface area contributed by atoms with Crippen LogP contribution in [0.15, 0.2) is 42.5 Å². The molecule has 0 spiro atoms. The molecule has 2 aromatic rings. The summed E-state index contributed by atoms with van der Waals surface area (Å²) >= 11 is 0. The number of anilines is 2. The van der Waals surface area contributed by atoms with Crippen LogP contribution in [0.5, 0.6) is 0 Å². The van der Waals surface area contributed by atoms with Gasteiger partial charge >= 0.3 is 0 Å². The van der Waals surface area contributed by atoms with Gasteiger partial charge in [-0.3, -0.25) is 0 Å². The van der Waals surface area contributed by atoms with Crippen LogP contribution in [0, 0.1) is 5.82 Å². The van der Waals surface area contributed by atoms with Gasteiger partial charge in [-0.05, 0) is 48.2 Å². The average Bonchev–Trinajstić information content (AvgIpc) is 2.38. The Morgan fingerprint density at radius 3 is 2.84 bits per heavy atom. The SMILES string of the molecule is Nc1cc(F)cc(CN2CCCc3ccccc32)c1. The van der Waals surface area contributed by atoms with Gasteiger partial charge in [0.15, 0.2) is 0 Å². The number of hydrogen-bond acceptors (Lipinski definition) is 2. The van der Waals surface area contributed by atoms with Crippen LogP contribution < -0.4 is 10.6 Å². The molecule has 0 aliphatic carbocycles. The van der Waals surface area contributed by atoms with Gasteiger partial charge in [0.25, 0.3) is 0 Å². The second kappa shape index (κ2) is 4.92. The Hall–Kier alpha value is -2.03. The van der Waals surface area contributed by atoms with Gasteiger partial charge in [-0.25, -0.2) is 4.39 Å². The Balaban J connectivity index is 1.88. The molecule has 19 heavy (non-hydrogen) atoms. The minimum atomic E-state index is -0.264. The Labute approximate surface area is 112 Å². The van der Waals surface area contributed by atoms with E-state index >= 15 is 0 Å². The van der Waals surface area contributed by atoms with Crippen molar-refractivity contribution in [1.29, 1.82) is 0 Å². The Bertz CT molecular complexity index is 575. The molecule has 3 heteroatoms. The van der Waals surface area contributed by atoms with E-state index in [0.29, 0.717) is 12.2 Å². The maximum Gasteiger partial charge on any atom is 0.125 e. The molecule has 2 N–H and O–H groups in total. The van der Waals surface area contributed by atoms with Gasteiger partial charge in [0.2, 0.25) is 0 Å². The van der Waals surface area contributed by atoms with Gasteiger partial charge in [-0.1, -0.05) is 18.2 Å². The van der Waals surface area contributed by atoms with Crippen molar-refractivity contribution in [1.82, 2.24) is 0 Å². The van der Waals surface area contributed by atoms with Crippen LogP contribution in [0.4, 0.5) is 15.8 Å². The first-order chi connectivity index (χ1) is 9.22. The molecule has 98 valence electrons. The lowest BCUT2D eigenvalue weighted by atomic mass is 10.0. The molecule has 0 aromatic heterocycles. The average molecular weight is 256 g/mol. The molecule has 0 bridgehead atoms. The molecule has 0 unspecified atom stereocenters. The summed E-state index contributed by atoms with van der Waals surface area (Å²) in [4.78, 5) is 2.30. The molecule has 0 saturated carbocycles. The molecule has 2 aromatic carbocycles. The third-order valence-corrected chi connectivity index (χ3v) is 3.56. The fraction of sp³-hybridized carbons (Fsp3) is 0.250. The Morgan fingerprint density at radius 1 is 1.16 bits per heavy atom. The second-order valence-electron chi connectivity index (χ2n) is 5.05. The third-order valence-electron chi connectivity index (χ3n) is 3.56. The van der Waals surface area contributed by atoms with Crippen molar-refractivity contribution in [2.75, 3.05) is 17.2 Å². The summed E-state index contributed by atoms with van der Waals surface area (Å²) in [5, 5.41) is 0. The van der Waals surface area contributed by atoms with Crippen LogP contribution in [-0.2, 0) is 13.0 Å².